The molecule has 0 bridgehead atoms. The predicted molar refractivity (Wildman–Crippen MR) is 90.2 cm³/mol. The molecular formula is C16H20N6O2. The summed E-state index contributed by atoms with van der Waals surface area (Å²) in [5, 5.41) is 5.76. The number of pyridine rings is 1. The first kappa shape index (κ1) is 16.0. The third-order valence-corrected chi connectivity index (χ3v) is 3.80. The van der Waals surface area contributed by atoms with Gasteiger partial charge in [-0.1, -0.05) is 0 Å². The summed E-state index contributed by atoms with van der Waals surface area (Å²) in [6.07, 6.45) is 6.95. The van der Waals surface area contributed by atoms with Crippen LogP contribution in [-0.2, 0) is 0 Å². The molecule has 2 amide bonds. The summed E-state index contributed by atoms with van der Waals surface area (Å²) < 4.78 is 5.13. The van der Waals surface area contributed by atoms with Crippen LogP contribution in [0.5, 0.6) is 5.88 Å². The van der Waals surface area contributed by atoms with Crippen molar-refractivity contribution in [2.45, 2.75) is 18.9 Å². The number of nitrogens with one attached hydrogen (secondary N) is 2. The Morgan fingerprint density at radius 3 is 2.83 bits per heavy atom. The first-order valence-corrected chi connectivity index (χ1v) is 7.85. The van der Waals surface area contributed by atoms with E-state index in [0.29, 0.717) is 24.1 Å². The minimum atomic E-state index is -0.276. The van der Waals surface area contributed by atoms with Crippen molar-refractivity contribution in [2.24, 2.45) is 0 Å². The Hall–Kier alpha value is -2.90. The van der Waals surface area contributed by atoms with Crippen molar-refractivity contribution in [2.75, 3.05) is 30.4 Å². The molecule has 1 fully saturated rings. The predicted octanol–water partition coefficient (Wildman–Crippen LogP) is 1.67. The molecule has 0 radical (unpaired) electrons. The number of piperidine rings is 1. The number of methoxy groups -OCH3 is 1. The first-order valence-electron chi connectivity index (χ1n) is 7.85. The lowest BCUT2D eigenvalue weighted by atomic mass is 10.1. The number of aromatic nitrogens is 3. The number of carbonyl (C=O) groups excluding carboxylic acids is 1. The van der Waals surface area contributed by atoms with Crippen LogP contribution in [0, 0.1) is 0 Å². The van der Waals surface area contributed by atoms with Crippen molar-refractivity contribution in [1.29, 1.82) is 0 Å². The average Bonchev–Trinajstić information content (AvgIpc) is 2.63. The zero-order valence-electron chi connectivity index (χ0n) is 13.5. The van der Waals surface area contributed by atoms with Crippen molar-refractivity contribution in [3.05, 3.63) is 36.8 Å². The zero-order valence-corrected chi connectivity index (χ0v) is 13.5. The Morgan fingerprint density at radius 2 is 2.04 bits per heavy atom. The Balaban J connectivity index is 1.58. The van der Waals surface area contributed by atoms with E-state index in [9.17, 15) is 4.79 Å². The molecule has 126 valence electrons. The van der Waals surface area contributed by atoms with Gasteiger partial charge in [-0.15, -0.1) is 0 Å². The summed E-state index contributed by atoms with van der Waals surface area (Å²) in [6, 6.07) is 5.04. The number of hydrogen-bond acceptors (Lipinski definition) is 6. The molecule has 8 heteroatoms. The number of urea groups is 1. The van der Waals surface area contributed by atoms with Crippen molar-refractivity contribution in [1.82, 2.24) is 20.3 Å². The van der Waals surface area contributed by atoms with Crippen LogP contribution < -0.4 is 20.3 Å². The lowest BCUT2D eigenvalue weighted by Gasteiger charge is -2.33. The normalized spacial score (nSPS) is 17.2. The van der Waals surface area contributed by atoms with Gasteiger partial charge in [0.05, 0.1) is 7.11 Å². The second kappa shape index (κ2) is 7.58. The van der Waals surface area contributed by atoms with Crippen LogP contribution in [0.4, 0.5) is 16.4 Å². The first-order chi connectivity index (χ1) is 11.8. The topological polar surface area (TPSA) is 92.3 Å². The SMILES string of the molecule is COc1ncccc1NC(=O)N[C@@H]1CCCN(c2ncccn2)C1. The monoisotopic (exact) mass is 328 g/mol. The number of anilines is 2. The largest absolute Gasteiger partial charge is 0.480 e. The van der Waals surface area contributed by atoms with Gasteiger partial charge in [0.25, 0.3) is 0 Å². The highest BCUT2D eigenvalue weighted by atomic mass is 16.5. The minimum absolute atomic E-state index is 0.0326. The van der Waals surface area contributed by atoms with Crippen LogP contribution in [0.15, 0.2) is 36.8 Å². The Kier molecular flexibility index (Phi) is 5.05. The van der Waals surface area contributed by atoms with Crippen molar-refractivity contribution in [3.8, 4) is 5.88 Å². The molecule has 2 aromatic rings. The number of carbonyl (C=O) groups is 1. The van der Waals surface area contributed by atoms with Crippen LogP contribution in [0.25, 0.3) is 0 Å². The fourth-order valence-electron chi connectivity index (χ4n) is 2.72. The minimum Gasteiger partial charge on any atom is -0.480 e. The van der Waals surface area contributed by atoms with Crippen molar-refractivity contribution < 1.29 is 9.53 Å². The van der Waals surface area contributed by atoms with E-state index in [-0.39, 0.29) is 12.1 Å². The van der Waals surface area contributed by atoms with E-state index in [4.69, 9.17) is 4.74 Å². The van der Waals surface area contributed by atoms with E-state index >= 15 is 0 Å². The number of rotatable bonds is 4. The van der Waals surface area contributed by atoms with Crippen molar-refractivity contribution >= 4 is 17.7 Å². The van der Waals surface area contributed by atoms with Gasteiger partial charge >= 0.3 is 6.03 Å². The van der Waals surface area contributed by atoms with Crippen LogP contribution in [0.3, 0.4) is 0 Å². The highest BCUT2D eigenvalue weighted by Crippen LogP contribution is 2.20. The maximum absolute atomic E-state index is 12.2. The summed E-state index contributed by atoms with van der Waals surface area (Å²) >= 11 is 0. The summed E-state index contributed by atoms with van der Waals surface area (Å²) in [7, 11) is 1.52. The molecule has 0 unspecified atom stereocenters. The molecule has 3 heterocycles. The van der Waals surface area contributed by atoms with Gasteiger partial charge in [0.2, 0.25) is 11.8 Å². The molecular weight excluding hydrogens is 308 g/mol. The van der Waals surface area contributed by atoms with E-state index in [0.717, 1.165) is 19.4 Å². The molecule has 0 saturated carbocycles. The summed E-state index contributed by atoms with van der Waals surface area (Å²) in [4.78, 5) is 26.9. The zero-order chi connectivity index (χ0) is 16.8. The molecule has 0 aromatic carbocycles. The molecule has 1 saturated heterocycles. The Bertz CT molecular complexity index is 681. The van der Waals surface area contributed by atoms with Crippen LogP contribution >= 0.6 is 0 Å². The van der Waals surface area contributed by atoms with Crippen LogP contribution in [0.1, 0.15) is 12.8 Å². The quantitative estimate of drug-likeness (QED) is 0.887. The Morgan fingerprint density at radius 1 is 1.25 bits per heavy atom. The van der Waals surface area contributed by atoms with Gasteiger partial charge in [0.15, 0.2) is 0 Å². The van der Waals surface area contributed by atoms with E-state index in [1.54, 1.807) is 36.8 Å². The number of ether oxygens (including phenoxy) is 1. The van der Waals surface area contributed by atoms with E-state index in [2.05, 4.69) is 30.5 Å². The lowest BCUT2D eigenvalue weighted by Crippen LogP contribution is -2.49. The molecule has 8 nitrogen and oxygen atoms in total. The maximum atomic E-state index is 12.2. The van der Waals surface area contributed by atoms with Gasteiger partial charge < -0.3 is 20.3 Å². The molecule has 1 aliphatic rings. The van der Waals surface area contributed by atoms with E-state index < -0.39 is 0 Å². The van der Waals surface area contributed by atoms with Gasteiger partial charge in [0, 0.05) is 37.7 Å². The second-order valence-corrected chi connectivity index (χ2v) is 5.49. The van der Waals surface area contributed by atoms with Gasteiger partial charge in [-0.3, -0.25) is 0 Å². The molecule has 2 N–H and O–H groups in total. The third kappa shape index (κ3) is 3.89. The smallest absolute Gasteiger partial charge is 0.319 e. The number of hydrogen-bond donors (Lipinski definition) is 2. The van der Waals surface area contributed by atoms with Crippen molar-refractivity contribution in [3.63, 3.8) is 0 Å². The lowest BCUT2D eigenvalue weighted by molar-refractivity contribution is 0.246. The van der Waals surface area contributed by atoms with E-state index in [1.165, 1.54) is 7.11 Å². The van der Waals surface area contributed by atoms with Gasteiger partial charge in [0.1, 0.15) is 5.69 Å². The van der Waals surface area contributed by atoms with E-state index in [1.807, 2.05) is 0 Å². The molecule has 3 rings (SSSR count). The maximum Gasteiger partial charge on any atom is 0.319 e. The van der Waals surface area contributed by atoms with Gasteiger partial charge in [-0.25, -0.2) is 19.7 Å². The standard InChI is InChI=1S/C16H20N6O2/c1-24-14-13(6-2-7-17-14)21-16(23)20-12-5-3-10-22(11-12)15-18-8-4-9-19-15/h2,4,6-9,12H,3,5,10-11H2,1H3,(H2,20,21,23)/t12-/m1/s1. The van der Waals surface area contributed by atoms with Crippen LogP contribution in [-0.4, -0.2) is 47.2 Å². The highest BCUT2D eigenvalue weighted by molar-refractivity contribution is 5.90. The highest BCUT2D eigenvalue weighted by Gasteiger charge is 2.23. The average molecular weight is 328 g/mol. The molecule has 1 aliphatic heterocycles. The molecule has 1 atom stereocenters. The fraction of sp³-hybridized carbons (Fsp3) is 0.375. The molecule has 2 aromatic heterocycles. The fourth-order valence-corrected chi connectivity index (χ4v) is 2.72. The molecule has 24 heavy (non-hydrogen) atoms. The molecule has 0 aliphatic carbocycles. The number of nitrogens with zero attached hydrogens (tertiary/aromatic N) is 4. The second-order valence-electron chi connectivity index (χ2n) is 5.49. The van der Waals surface area contributed by atoms with Gasteiger partial charge in [-0.2, -0.15) is 0 Å². The number of amides is 2. The summed E-state index contributed by atoms with van der Waals surface area (Å²) in [5.74, 6) is 1.08. The Labute approximate surface area is 140 Å². The van der Waals surface area contributed by atoms with Crippen LogP contribution in [0.2, 0.25) is 0 Å². The van der Waals surface area contributed by atoms with Gasteiger partial charge in [-0.05, 0) is 31.0 Å². The third-order valence-electron chi connectivity index (χ3n) is 3.80. The molecule has 0 spiro atoms. The summed E-state index contributed by atoms with van der Waals surface area (Å²) in [5.41, 5.74) is 0.538. The summed E-state index contributed by atoms with van der Waals surface area (Å²) in [6.45, 7) is 1.57.